The molecule has 1 fully saturated rings. The van der Waals surface area contributed by atoms with Crippen molar-refractivity contribution in [2.45, 2.75) is 24.9 Å². The van der Waals surface area contributed by atoms with Crippen LogP contribution in [-0.2, 0) is 11.3 Å². The topological polar surface area (TPSA) is 90.2 Å². The molecule has 1 saturated heterocycles. The second kappa shape index (κ2) is 6.01. The Morgan fingerprint density at radius 1 is 1.32 bits per heavy atom. The molecule has 0 spiro atoms. The Labute approximate surface area is 110 Å². The van der Waals surface area contributed by atoms with Gasteiger partial charge in [-0.2, -0.15) is 0 Å². The Bertz CT molecular complexity index is 424. The normalized spacial score (nSPS) is 26.5. The third kappa shape index (κ3) is 3.04. The van der Waals surface area contributed by atoms with Crippen LogP contribution in [0.5, 0.6) is 0 Å². The molecule has 0 unspecified atom stereocenters. The lowest BCUT2D eigenvalue weighted by atomic mass is 10.1. The maximum absolute atomic E-state index is 11.8. The Morgan fingerprint density at radius 2 is 2.00 bits per heavy atom. The first-order chi connectivity index (χ1) is 9.13. The largest absolute Gasteiger partial charge is 0.445 e. The van der Waals surface area contributed by atoms with Gasteiger partial charge in [-0.1, -0.05) is 30.3 Å². The highest BCUT2D eigenvalue weighted by Gasteiger charge is 2.42. The summed E-state index contributed by atoms with van der Waals surface area (Å²) < 4.78 is 5.09. The number of benzene rings is 1. The third-order valence-electron chi connectivity index (χ3n) is 3.20. The minimum Gasteiger partial charge on any atom is -0.445 e. The summed E-state index contributed by atoms with van der Waals surface area (Å²) in [5.74, 6) is 0. The van der Waals surface area contributed by atoms with Crippen LogP contribution in [-0.4, -0.2) is 57.7 Å². The fourth-order valence-electron chi connectivity index (χ4n) is 2.10. The number of carbonyl (C=O) groups excluding carboxylic acids is 1. The predicted octanol–water partition coefficient (Wildman–Crippen LogP) is -0.279. The smallest absolute Gasteiger partial charge is 0.410 e. The van der Waals surface area contributed by atoms with Crippen LogP contribution in [0.25, 0.3) is 0 Å². The van der Waals surface area contributed by atoms with Gasteiger partial charge in [0.1, 0.15) is 12.7 Å². The van der Waals surface area contributed by atoms with Gasteiger partial charge in [0, 0.05) is 0 Å². The first kappa shape index (κ1) is 13.8. The van der Waals surface area contributed by atoms with Crippen molar-refractivity contribution in [3.8, 4) is 0 Å². The molecular formula is C13H17NO5. The molecular weight excluding hydrogens is 250 g/mol. The van der Waals surface area contributed by atoms with E-state index >= 15 is 0 Å². The van der Waals surface area contributed by atoms with Crippen LogP contribution < -0.4 is 0 Å². The zero-order valence-electron chi connectivity index (χ0n) is 10.3. The van der Waals surface area contributed by atoms with Crippen molar-refractivity contribution in [1.29, 1.82) is 0 Å². The summed E-state index contributed by atoms with van der Waals surface area (Å²) in [6.45, 7) is -0.348. The lowest BCUT2D eigenvalue weighted by Gasteiger charge is -2.23. The summed E-state index contributed by atoms with van der Waals surface area (Å²) in [5, 5.41) is 28.2. The maximum atomic E-state index is 11.8. The van der Waals surface area contributed by atoms with Gasteiger partial charge in [-0.15, -0.1) is 0 Å². The second-order valence-corrected chi connectivity index (χ2v) is 4.50. The molecule has 0 radical (unpaired) electrons. The van der Waals surface area contributed by atoms with Gasteiger partial charge in [0.25, 0.3) is 0 Å². The van der Waals surface area contributed by atoms with E-state index < -0.39 is 30.9 Å². The van der Waals surface area contributed by atoms with E-state index in [1.807, 2.05) is 30.3 Å². The second-order valence-electron chi connectivity index (χ2n) is 4.50. The molecule has 1 heterocycles. The number of hydrogen-bond donors (Lipinski definition) is 3. The summed E-state index contributed by atoms with van der Waals surface area (Å²) in [6.07, 6.45) is -2.85. The zero-order valence-corrected chi connectivity index (χ0v) is 10.3. The molecule has 1 amide bonds. The minimum absolute atomic E-state index is 0.0417. The van der Waals surface area contributed by atoms with Crippen molar-refractivity contribution in [3.05, 3.63) is 35.9 Å². The number of rotatable bonds is 3. The van der Waals surface area contributed by atoms with Crippen molar-refractivity contribution in [3.63, 3.8) is 0 Å². The van der Waals surface area contributed by atoms with E-state index in [-0.39, 0.29) is 13.2 Å². The van der Waals surface area contributed by atoms with Crippen LogP contribution in [0.3, 0.4) is 0 Å². The van der Waals surface area contributed by atoms with E-state index in [0.717, 1.165) is 10.5 Å². The lowest BCUT2D eigenvalue weighted by molar-refractivity contribution is 0.0194. The van der Waals surface area contributed by atoms with E-state index in [4.69, 9.17) is 9.84 Å². The van der Waals surface area contributed by atoms with Gasteiger partial charge in [-0.3, -0.25) is 4.90 Å². The van der Waals surface area contributed by atoms with Crippen LogP contribution in [0.15, 0.2) is 30.3 Å². The van der Waals surface area contributed by atoms with Gasteiger partial charge in [0.2, 0.25) is 0 Å². The molecule has 6 heteroatoms. The SMILES string of the molecule is O=C(OCc1ccccc1)N1C[C@@H](O)[C@H](O)[C@H]1CO. The number of likely N-dealkylation sites (tertiary alicyclic amines) is 1. The summed E-state index contributed by atoms with van der Waals surface area (Å²) in [4.78, 5) is 13.0. The van der Waals surface area contributed by atoms with Crippen molar-refractivity contribution in [2.75, 3.05) is 13.2 Å². The van der Waals surface area contributed by atoms with E-state index in [2.05, 4.69) is 0 Å². The average Bonchev–Trinajstić information content (AvgIpc) is 2.73. The van der Waals surface area contributed by atoms with Crippen LogP contribution in [0.2, 0.25) is 0 Å². The van der Waals surface area contributed by atoms with Crippen LogP contribution in [0.1, 0.15) is 5.56 Å². The summed E-state index contributed by atoms with van der Waals surface area (Å²) in [6, 6.07) is 8.36. The number of aliphatic hydroxyl groups excluding tert-OH is 3. The quantitative estimate of drug-likeness (QED) is 0.701. The standard InChI is InChI=1S/C13H17NO5/c15-7-10-12(17)11(16)6-14(10)13(18)19-8-9-4-2-1-3-5-9/h1-5,10-12,15-17H,6-8H2/t10-,11-,12-/m1/s1. The molecule has 1 aromatic rings. The molecule has 3 N–H and O–H groups in total. The molecule has 3 atom stereocenters. The number of nitrogens with zero attached hydrogens (tertiary/aromatic N) is 1. The monoisotopic (exact) mass is 267 g/mol. The van der Waals surface area contributed by atoms with Gasteiger partial charge >= 0.3 is 6.09 Å². The van der Waals surface area contributed by atoms with Gasteiger partial charge in [-0.25, -0.2) is 4.79 Å². The molecule has 0 bridgehead atoms. The number of amides is 1. The molecule has 6 nitrogen and oxygen atoms in total. The fourth-order valence-corrected chi connectivity index (χ4v) is 2.10. The first-order valence-electron chi connectivity index (χ1n) is 6.07. The average molecular weight is 267 g/mol. The Kier molecular flexibility index (Phi) is 4.36. The number of hydrogen-bond acceptors (Lipinski definition) is 5. The highest BCUT2D eigenvalue weighted by Crippen LogP contribution is 2.19. The van der Waals surface area contributed by atoms with Crippen molar-refractivity contribution < 1.29 is 24.9 Å². The van der Waals surface area contributed by atoms with Crippen LogP contribution in [0.4, 0.5) is 4.79 Å². The molecule has 0 aliphatic carbocycles. The molecule has 0 aromatic heterocycles. The Morgan fingerprint density at radius 3 is 2.63 bits per heavy atom. The molecule has 1 aliphatic heterocycles. The lowest BCUT2D eigenvalue weighted by Crippen LogP contribution is -2.42. The number of ether oxygens (including phenoxy) is 1. The highest BCUT2D eigenvalue weighted by atomic mass is 16.6. The zero-order chi connectivity index (χ0) is 13.8. The maximum Gasteiger partial charge on any atom is 0.410 e. The summed E-state index contributed by atoms with van der Waals surface area (Å²) in [5.41, 5.74) is 0.844. The molecule has 0 saturated carbocycles. The van der Waals surface area contributed by atoms with Crippen LogP contribution in [0, 0.1) is 0 Å². The molecule has 1 aliphatic rings. The fraction of sp³-hybridized carbons (Fsp3) is 0.462. The predicted molar refractivity (Wildman–Crippen MR) is 66.2 cm³/mol. The van der Waals surface area contributed by atoms with E-state index in [1.54, 1.807) is 0 Å². The number of aliphatic hydroxyl groups is 3. The first-order valence-corrected chi connectivity index (χ1v) is 6.07. The number of carbonyl (C=O) groups is 1. The molecule has 1 aromatic carbocycles. The van der Waals surface area contributed by atoms with Gasteiger partial charge in [0.15, 0.2) is 0 Å². The van der Waals surface area contributed by atoms with Crippen molar-refractivity contribution in [2.24, 2.45) is 0 Å². The van der Waals surface area contributed by atoms with Gasteiger partial charge in [-0.05, 0) is 5.56 Å². The Hall–Kier alpha value is -1.63. The molecule has 19 heavy (non-hydrogen) atoms. The minimum atomic E-state index is -1.14. The number of β-amino-alcohol motifs (C(OH)–C–C–N with tert-alkyl or cyclic N) is 1. The highest BCUT2D eigenvalue weighted by molar-refractivity contribution is 5.68. The van der Waals surface area contributed by atoms with Gasteiger partial charge in [0.05, 0.1) is 25.3 Å². The van der Waals surface area contributed by atoms with Crippen molar-refractivity contribution >= 4 is 6.09 Å². The third-order valence-corrected chi connectivity index (χ3v) is 3.20. The summed E-state index contributed by atoms with van der Waals surface area (Å²) in [7, 11) is 0. The van der Waals surface area contributed by atoms with Gasteiger partial charge < -0.3 is 20.1 Å². The van der Waals surface area contributed by atoms with E-state index in [0.29, 0.717) is 0 Å². The van der Waals surface area contributed by atoms with E-state index in [9.17, 15) is 15.0 Å². The summed E-state index contributed by atoms with van der Waals surface area (Å²) >= 11 is 0. The van der Waals surface area contributed by atoms with Crippen molar-refractivity contribution in [1.82, 2.24) is 4.90 Å². The Balaban J connectivity index is 1.93. The molecule has 104 valence electrons. The van der Waals surface area contributed by atoms with E-state index in [1.165, 1.54) is 0 Å². The van der Waals surface area contributed by atoms with Crippen LogP contribution >= 0.6 is 0 Å². The molecule has 2 rings (SSSR count).